The molecule has 5 heteroatoms. The summed E-state index contributed by atoms with van der Waals surface area (Å²) in [5, 5.41) is 4.57. The monoisotopic (exact) mass is 297 g/mol. The van der Waals surface area contributed by atoms with E-state index < -0.39 is 0 Å². The van der Waals surface area contributed by atoms with E-state index in [0.717, 1.165) is 30.7 Å². The lowest BCUT2D eigenvalue weighted by Gasteiger charge is -2.34. The molecule has 22 heavy (non-hydrogen) atoms. The van der Waals surface area contributed by atoms with E-state index in [1.165, 1.54) is 11.3 Å². The van der Waals surface area contributed by atoms with Crippen LogP contribution in [0.2, 0.25) is 0 Å². The highest BCUT2D eigenvalue weighted by Crippen LogP contribution is 2.44. The third-order valence-corrected chi connectivity index (χ3v) is 4.87. The van der Waals surface area contributed by atoms with Crippen molar-refractivity contribution in [1.29, 1.82) is 0 Å². The summed E-state index contributed by atoms with van der Waals surface area (Å²) in [7, 11) is 1.67. The van der Waals surface area contributed by atoms with Crippen LogP contribution in [0, 0.1) is 0 Å². The Hall–Kier alpha value is -2.30. The van der Waals surface area contributed by atoms with Gasteiger partial charge in [0.1, 0.15) is 5.75 Å². The first kappa shape index (κ1) is 13.4. The van der Waals surface area contributed by atoms with Crippen LogP contribution >= 0.6 is 0 Å². The van der Waals surface area contributed by atoms with E-state index in [1.807, 2.05) is 40.0 Å². The van der Waals surface area contributed by atoms with E-state index in [0.29, 0.717) is 6.04 Å². The van der Waals surface area contributed by atoms with Gasteiger partial charge in [0.05, 0.1) is 30.7 Å². The summed E-state index contributed by atoms with van der Waals surface area (Å²) in [4.78, 5) is 13.9. The van der Waals surface area contributed by atoms with Gasteiger partial charge in [-0.05, 0) is 37.1 Å². The van der Waals surface area contributed by atoms with Gasteiger partial charge in [0, 0.05) is 24.9 Å². The number of aromatic nitrogens is 2. The molecule has 2 aromatic rings. The number of carbonyl (C=O) groups excluding carboxylic acids is 1. The van der Waals surface area contributed by atoms with E-state index in [2.05, 4.69) is 5.10 Å². The normalized spacial score (nSPS) is 22.5. The Morgan fingerprint density at radius 1 is 1.27 bits per heavy atom. The van der Waals surface area contributed by atoms with Gasteiger partial charge < -0.3 is 9.64 Å². The highest BCUT2D eigenvalue weighted by Gasteiger charge is 2.43. The van der Waals surface area contributed by atoms with Crippen LogP contribution in [0.1, 0.15) is 37.1 Å². The van der Waals surface area contributed by atoms with Crippen LogP contribution < -0.4 is 4.74 Å². The van der Waals surface area contributed by atoms with Gasteiger partial charge in [-0.1, -0.05) is 0 Å². The van der Waals surface area contributed by atoms with Crippen LogP contribution in [0.5, 0.6) is 5.75 Å². The molecule has 2 aliphatic rings. The van der Waals surface area contributed by atoms with E-state index in [4.69, 9.17) is 4.74 Å². The summed E-state index contributed by atoms with van der Waals surface area (Å²) in [5.74, 6) is 1.02. The van der Waals surface area contributed by atoms with Gasteiger partial charge in [-0.3, -0.25) is 4.79 Å². The van der Waals surface area contributed by atoms with Crippen LogP contribution in [-0.2, 0) is 11.2 Å². The van der Waals surface area contributed by atoms with Gasteiger partial charge in [0.2, 0.25) is 5.91 Å². The van der Waals surface area contributed by atoms with Crippen molar-refractivity contribution in [2.24, 2.45) is 0 Å². The molecule has 0 radical (unpaired) electrons. The first-order valence-electron chi connectivity index (χ1n) is 7.69. The second kappa shape index (κ2) is 4.87. The molecule has 1 saturated heterocycles. The summed E-state index contributed by atoms with van der Waals surface area (Å²) >= 11 is 0. The minimum Gasteiger partial charge on any atom is -0.497 e. The molecule has 0 N–H and O–H groups in total. The van der Waals surface area contributed by atoms with E-state index in [-0.39, 0.29) is 11.9 Å². The Kier molecular flexibility index (Phi) is 2.96. The molecule has 4 rings (SSSR count). The van der Waals surface area contributed by atoms with E-state index in [1.54, 1.807) is 14.0 Å². The number of methoxy groups -OCH3 is 1. The third-order valence-electron chi connectivity index (χ3n) is 4.87. The van der Waals surface area contributed by atoms with Gasteiger partial charge in [-0.15, -0.1) is 0 Å². The summed E-state index contributed by atoms with van der Waals surface area (Å²) in [6, 6.07) is 8.46. The molecule has 2 aliphatic heterocycles. The first-order chi connectivity index (χ1) is 10.7. The number of hydrogen-bond donors (Lipinski definition) is 0. The van der Waals surface area contributed by atoms with Crippen LogP contribution in [0.4, 0.5) is 0 Å². The molecule has 0 unspecified atom stereocenters. The second-order valence-corrected chi connectivity index (χ2v) is 6.03. The molecule has 1 aromatic heterocycles. The number of hydrogen-bond acceptors (Lipinski definition) is 3. The smallest absolute Gasteiger partial charge is 0.220 e. The average Bonchev–Trinajstić information content (AvgIpc) is 3.09. The molecule has 5 nitrogen and oxygen atoms in total. The summed E-state index contributed by atoms with van der Waals surface area (Å²) in [6.45, 7) is 1.67. The third kappa shape index (κ3) is 1.85. The quantitative estimate of drug-likeness (QED) is 0.855. The summed E-state index contributed by atoms with van der Waals surface area (Å²) in [6.07, 6.45) is 4.95. The molecule has 0 saturated carbocycles. The van der Waals surface area contributed by atoms with Crippen molar-refractivity contribution in [3.05, 3.63) is 41.7 Å². The molecule has 3 heterocycles. The maximum atomic E-state index is 11.9. The van der Waals surface area contributed by atoms with Crippen LogP contribution in [0.3, 0.4) is 0 Å². The topological polar surface area (TPSA) is 47.4 Å². The minimum absolute atomic E-state index is 0.176. The van der Waals surface area contributed by atoms with Gasteiger partial charge in [0.15, 0.2) is 0 Å². The molecule has 1 aromatic carbocycles. The lowest BCUT2D eigenvalue weighted by Crippen LogP contribution is -2.40. The highest BCUT2D eigenvalue weighted by molar-refractivity contribution is 5.75. The zero-order valence-electron chi connectivity index (χ0n) is 12.8. The maximum Gasteiger partial charge on any atom is 0.220 e. The van der Waals surface area contributed by atoms with Crippen LogP contribution in [-0.4, -0.2) is 33.7 Å². The molecule has 1 amide bonds. The van der Waals surface area contributed by atoms with E-state index in [9.17, 15) is 4.79 Å². The van der Waals surface area contributed by atoms with Crippen molar-refractivity contribution in [1.82, 2.24) is 14.7 Å². The summed E-state index contributed by atoms with van der Waals surface area (Å²) in [5.41, 5.74) is 3.49. The fourth-order valence-corrected chi connectivity index (χ4v) is 3.90. The second-order valence-electron chi connectivity index (χ2n) is 6.03. The first-order valence-corrected chi connectivity index (χ1v) is 7.69. The number of fused-ring (bicyclic) bond motifs is 4. The number of carbonyl (C=O) groups is 1. The van der Waals surface area contributed by atoms with Crippen molar-refractivity contribution in [2.45, 2.75) is 38.3 Å². The zero-order chi connectivity index (χ0) is 15.3. The molecule has 2 atom stereocenters. The summed E-state index contributed by atoms with van der Waals surface area (Å²) < 4.78 is 7.22. The number of amides is 1. The Morgan fingerprint density at radius 2 is 2.05 bits per heavy atom. The Bertz CT molecular complexity index is 720. The van der Waals surface area contributed by atoms with Gasteiger partial charge >= 0.3 is 0 Å². The van der Waals surface area contributed by atoms with Crippen LogP contribution in [0.25, 0.3) is 5.69 Å². The fourth-order valence-electron chi connectivity index (χ4n) is 3.90. The van der Waals surface area contributed by atoms with Gasteiger partial charge in [0.25, 0.3) is 0 Å². The van der Waals surface area contributed by atoms with Gasteiger partial charge in [-0.25, -0.2) is 4.68 Å². The minimum atomic E-state index is 0.176. The van der Waals surface area contributed by atoms with Crippen molar-refractivity contribution in [2.75, 3.05) is 7.11 Å². The fraction of sp³-hybridized carbons (Fsp3) is 0.412. The SMILES string of the molecule is COc1ccc(-n2ncc3c2C[C@H]2CC[C@H]3N2C(C)=O)cc1. The molecule has 1 fully saturated rings. The number of nitrogens with zero attached hydrogens (tertiary/aromatic N) is 3. The number of benzene rings is 1. The average molecular weight is 297 g/mol. The highest BCUT2D eigenvalue weighted by atomic mass is 16.5. The predicted octanol–water partition coefficient (Wildman–Crippen LogP) is 2.49. The maximum absolute atomic E-state index is 11.9. The molecule has 0 aliphatic carbocycles. The Balaban J connectivity index is 1.74. The lowest BCUT2D eigenvalue weighted by atomic mass is 10.00. The van der Waals surface area contributed by atoms with Gasteiger partial charge in [-0.2, -0.15) is 5.10 Å². The lowest BCUT2D eigenvalue weighted by molar-refractivity contribution is -0.132. The van der Waals surface area contributed by atoms with Crippen LogP contribution in [0.15, 0.2) is 30.5 Å². The Morgan fingerprint density at radius 3 is 2.73 bits per heavy atom. The largest absolute Gasteiger partial charge is 0.497 e. The molecule has 0 spiro atoms. The Labute approximate surface area is 129 Å². The van der Waals surface area contributed by atoms with Crippen molar-refractivity contribution >= 4 is 5.91 Å². The number of rotatable bonds is 2. The van der Waals surface area contributed by atoms with Crippen molar-refractivity contribution in [3.63, 3.8) is 0 Å². The predicted molar refractivity (Wildman–Crippen MR) is 82.1 cm³/mol. The van der Waals surface area contributed by atoms with Crippen molar-refractivity contribution in [3.8, 4) is 11.4 Å². The number of ether oxygens (including phenoxy) is 1. The molecular weight excluding hydrogens is 278 g/mol. The molecule has 114 valence electrons. The standard InChI is InChI=1S/C17H19N3O2/c1-11(21)19-13-5-8-16(19)15-10-18-20(17(15)9-13)12-3-6-14(22-2)7-4-12/h3-4,6-7,10,13,16H,5,8-9H2,1-2H3/t13-,16-/m1/s1. The van der Waals surface area contributed by atoms with Crippen molar-refractivity contribution < 1.29 is 9.53 Å². The zero-order valence-corrected chi connectivity index (χ0v) is 12.8. The molecular formula is C17H19N3O2. The molecule has 2 bridgehead atoms. The van der Waals surface area contributed by atoms with E-state index >= 15 is 0 Å².